The lowest BCUT2D eigenvalue weighted by Gasteiger charge is -2.10. The van der Waals surface area contributed by atoms with Gasteiger partial charge in [0, 0.05) is 25.2 Å². The van der Waals surface area contributed by atoms with Gasteiger partial charge in [0.1, 0.15) is 5.82 Å². The highest BCUT2D eigenvalue weighted by atomic mass is 16.1. The van der Waals surface area contributed by atoms with Crippen LogP contribution in [0.4, 0.5) is 11.5 Å². The van der Waals surface area contributed by atoms with E-state index in [9.17, 15) is 4.79 Å². The van der Waals surface area contributed by atoms with Crippen molar-refractivity contribution in [1.82, 2.24) is 10.3 Å². The number of pyridine rings is 1. The lowest BCUT2D eigenvalue weighted by molar-refractivity contribution is -0.121. The number of aryl methyl sites for hydroxylation is 1. The lowest BCUT2D eigenvalue weighted by Crippen LogP contribution is -2.31. The Hall–Kier alpha value is -1.78. The molecule has 0 aliphatic heterocycles. The van der Waals surface area contributed by atoms with Crippen molar-refractivity contribution in [2.45, 2.75) is 33.2 Å². The molecule has 1 amide bonds. The molecule has 4 N–H and O–H groups in total. The van der Waals surface area contributed by atoms with Gasteiger partial charge in [0.15, 0.2) is 0 Å². The van der Waals surface area contributed by atoms with E-state index in [-0.39, 0.29) is 11.9 Å². The van der Waals surface area contributed by atoms with Gasteiger partial charge in [-0.2, -0.15) is 0 Å². The molecule has 17 heavy (non-hydrogen) atoms. The Morgan fingerprint density at radius 2 is 2.24 bits per heavy atom. The molecule has 0 radical (unpaired) electrons. The van der Waals surface area contributed by atoms with E-state index in [0.29, 0.717) is 24.5 Å². The highest BCUT2D eigenvalue weighted by Gasteiger charge is 2.04. The quantitative estimate of drug-likeness (QED) is 0.720. The molecule has 5 nitrogen and oxygen atoms in total. The minimum Gasteiger partial charge on any atom is -0.396 e. The van der Waals surface area contributed by atoms with E-state index in [4.69, 9.17) is 5.73 Å². The van der Waals surface area contributed by atoms with Gasteiger partial charge < -0.3 is 16.4 Å². The summed E-state index contributed by atoms with van der Waals surface area (Å²) in [7, 11) is 0. The van der Waals surface area contributed by atoms with Gasteiger partial charge in [0.2, 0.25) is 5.91 Å². The number of amides is 1. The molecule has 0 aliphatic carbocycles. The third-order valence-electron chi connectivity index (χ3n) is 2.15. The van der Waals surface area contributed by atoms with Crippen molar-refractivity contribution in [3.63, 3.8) is 0 Å². The van der Waals surface area contributed by atoms with E-state index in [1.165, 1.54) is 0 Å². The molecule has 94 valence electrons. The maximum atomic E-state index is 11.4. The van der Waals surface area contributed by atoms with E-state index in [0.717, 1.165) is 5.56 Å². The van der Waals surface area contributed by atoms with E-state index in [2.05, 4.69) is 15.6 Å². The van der Waals surface area contributed by atoms with Gasteiger partial charge in [-0.15, -0.1) is 0 Å². The van der Waals surface area contributed by atoms with Crippen LogP contribution in [0.15, 0.2) is 12.3 Å². The number of hydrogen-bond donors (Lipinski definition) is 3. The Morgan fingerprint density at radius 1 is 1.53 bits per heavy atom. The third kappa shape index (κ3) is 4.72. The number of nitrogens with two attached hydrogens (primary N) is 1. The van der Waals surface area contributed by atoms with Crippen LogP contribution in [-0.4, -0.2) is 23.5 Å². The maximum Gasteiger partial charge on any atom is 0.221 e. The summed E-state index contributed by atoms with van der Waals surface area (Å²) in [5.74, 6) is 0.658. The van der Waals surface area contributed by atoms with Crippen LogP contribution in [0.3, 0.4) is 0 Å². The van der Waals surface area contributed by atoms with Crippen molar-refractivity contribution in [1.29, 1.82) is 0 Å². The Kier molecular flexibility index (Phi) is 4.75. The first-order valence-corrected chi connectivity index (χ1v) is 5.74. The Bertz CT molecular complexity index is 390. The fourth-order valence-corrected chi connectivity index (χ4v) is 1.43. The van der Waals surface area contributed by atoms with Gasteiger partial charge in [-0.25, -0.2) is 4.98 Å². The minimum atomic E-state index is 0.0261. The van der Waals surface area contributed by atoms with E-state index in [1.54, 1.807) is 6.20 Å². The summed E-state index contributed by atoms with van der Waals surface area (Å²) in [5.41, 5.74) is 7.42. The molecule has 0 spiro atoms. The average molecular weight is 236 g/mol. The first-order valence-electron chi connectivity index (χ1n) is 5.74. The zero-order valence-electron chi connectivity index (χ0n) is 10.6. The van der Waals surface area contributed by atoms with Crippen LogP contribution in [-0.2, 0) is 4.79 Å². The second-order valence-corrected chi connectivity index (χ2v) is 4.35. The van der Waals surface area contributed by atoms with E-state index >= 15 is 0 Å². The van der Waals surface area contributed by atoms with Crippen molar-refractivity contribution >= 4 is 17.4 Å². The predicted octanol–water partition coefficient (Wildman–Crippen LogP) is 1.30. The topological polar surface area (TPSA) is 80.0 Å². The molecule has 0 saturated carbocycles. The van der Waals surface area contributed by atoms with Crippen molar-refractivity contribution in [3.8, 4) is 0 Å². The molecule has 1 aromatic rings. The van der Waals surface area contributed by atoms with Crippen LogP contribution in [0.1, 0.15) is 25.8 Å². The zero-order chi connectivity index (χ0) is 12.8. The third-order valence-corrected chi connectivity index (χ3v) is 2.15. The largest absolute Gasteiger partial charge is 0.396 e. The summed E-state index contributed by atoms with van der Waals surface area (Å²) in [4.78, 5) is 15.5. The summed E-state index contributed by atoms with van der Waals surface area (Å²) in [6, 6.07) is 2.02. The Labute approximate surface area is 102 Å². The number of nitrogens with zero attached hydrogens (tertiary/aromatic N) is 1. The van der Waals surface area contributed by atoms with Gasteiger partial charge in [0.25, 0.3) is 0 Å². The molecule has 0 saturated heterocycles. The number of anilines is 2. The summed E-state index contributed by atoms with van der Waals surface area (Å²) in [5, 5.41) is 5.87. The molecule has 1 aromatic heterocycles. The number of carbonyl (C=O) groups excluding carboxylic acids is 1. The number of hydrogen-bond acceptors (Lipinski definition) is 4. The molecule has 0 atom stereocenters. The first-order chi connectivity index (χ1) is 7.99. The molecule has 0 fully saturated rings. The van der Waals surface area contributed by atoms with Gasteiger partial charge in [0.05, 0.1) is 5.69 Å². The molecule has 1 rings (SSSR count). The van der Waals surface area contributed by atoms with E-state index < -0.39 is 0 Å². The molecular formula is C12H20N4O. The smallest absolute Gasteiger partial charge is 0.221 e. The maximum absolute atomic E-state index is 11.4. The molecular weight excluding hydrogens is 216 g/mol. The van der Waals surface area contributed by atoms with Crippen LogP contribution < -0.4 is 16.4 Å². The zero-order valence-corrected chi connectivity index (χ0v) is 10.6. The van der Waals surface area contributed by atoms with Crippen molar-refractivity contribution in [2.24, 2.45) is 0 Å². The number of carbonyl (C=O) groups is 1. The lowest BCUT2D eigenvalue weighted by atomic mass is 10.3. The van der Waals surface area contributed by atoms with Crippen molar-refractivity contribution in [2.75, 3.05) is 17.6 Å². The van der Waals surface area contributed by atoms with Crippen molar-refractivity contribution < 1.29 is 4.79 Å². The van der Waals surface area contributed by atoms with Crippen LogP contribution in [0, 0.1) is 6.92 Å². The normalized spacial score (nSPS) is 10.4. The SMILES string of the molecule is Cc1cnc(NCCC(=O)NC(C)C)c(N)c1. The fraction of sp³-hybridized carbons (Fsp3) is 0.500. The first kappa shape index (κ1) is 13.3. The number of rotatable bonds is 5. The summed E-state index contributed by atoms with van der Waals surface area (Å²) < 4.78 is 0. The Balaban J connectivity index is 2.38. The number of nitrogens with one attached hydrogen (secondary N) is 2. The minimum absolute atomic E-state index is 0.0261. The molecule has 0 aliphatic rings. The molecule has 0 bridgehead atoms. The highest BCUT2D eigenvalue weighted by Crippen LogP contribution is 2.15. The second kappa shape index (κ2) is 6.08. The van der Waals surface area contributed by atoms with Crippen molar-refractivity contribution in [3.05, 3.63) is 17.8 Å². The predicted molar refractivity (Wildman–Crippen MR) is 69.8 cm³/mol. The summed E-state index contributed by atoms with van der Waals surface area (Å²) in [6.07, 6.45) is 2.15. The van der Waals surface area contributed by atoms with E-state index in [1.807, 2.05) is 26.8 Å². The highest BCUT2D eigenvalue weighted by molar-refractivity contribution is 5.76. The number of nitrogen functional groups attached to an aromatic ring is 1. The van der Waals surface area contributed by atoms with Gasteiger partial charge >= 0.3 is 0 Å². The molecule has 0 unspecified atom stereocenters. The van der Waals surface area contributed by atoms with Crippen LogP contribution in [0.2, 0.25) is 0 Å². The monoisotopic (exact) mass is 236 g/mol. The van der Waals surface area contributed by atoms with Gasteiger partial charge in [-0.1, -0.05) is 0 Å². The standard InChI is InChI=1S/C12H20N4O/c1-8(2)16-11(17)4-5-14-12-10(13)6-9(3)7-15-12/h6-8H,4-5,13H2,1-3H3,(H,14,15)(H,16,17). The summed E-state index contributed by atoms with van der Waals surface area (Å²) in [6.45, 7) is 6.33. The summed E-state index contributed by atoms with van der Waals surface area (Å²) >= 11 is 0. The van der Waals surface area contributed by atoms with Crippen LogP contribution in [0.5, 0.6) is 0 Å². The molecule has 1 heterocycles. The Morgan fingerprint density at radius 3 is 2.82 bits per heavy atom. The number of aromatic nitrogens is 1. The van der Waals surface area contributed by atoms with Crippen LogP contribution >= 0.6 is 0 Å². The molecule has 0 aromatic carbocycles. The van der Waals surface area contributed by atoms with Gasteiger partial charge in [-0.05, 0) is 32.4 Å². The molecule has 5 heteroatoms. The van der Waals surface area contributed by atoms with Crippen LogP contribution in [0.25, 0.3) is 0 Å². The van der Waals surface area contributed by atoms with Gasteiger partial charge in [-0.3, -0.25) is 4.79 Å². The fourth-order valence-electron chi connectivity index (χ4n) is 1.43. The average Bonchev–Trinajstić information content (AvgIpc) is 2.20. The second-order valence-electron chi connectivity index (χ2n) is 4.35.